The second-order valence-corrected chi connectivity index (χ2v) is 2.77. The van der Waals surface area contributed by atoms with Gasteiger partial charge in [-0.3, -0.25) is 0 Å². The van der Waals surface area contributed by atoms with Crippen LogP contribution in [0.3, 0.4) is 0 Å². The van der Waals surface area contributed by atoms with Crippen molar-refractivity contribution in [2.45, 2.75) is 3.98 Å². The number of hydrogen-bond acceptors (Lipinski definition) is 1. The fourth-order valence-electron chi connectivity index (χ4n) is 0. The predicted molar refractivity (Wildman–Crippen MR) is 26.7 cm³/mol. The standard InChI is InChI=1S/C2H2Cl3O/c1-6-2(3,4)5/h1H2. The lowest BCUT2D eigenvalue weighted by atomic mass is 11.5. The summed E-state index contributed by atoms with van der Waals surface area (Å²) in [5.41, 5.74) is 0. The van der Waals surface area contributed by atoms with E-state index < -0.39 is 3.98 Å². The maximum atomic E-state index is 4.96. The summed E-state index contributed by atoms with van der Waals surface area (Å²) >= 11 is 14.9. The molecule has 0 atom stereocenters. The molecule has 0 heterocycles. The molecule has 0 aromatic carbocycles. The van der Waals surface area contributed by atoms with Crippen LogP contribution in [0.1, 0.15) is 0 Å². The average molecular weight is 148 g/mol. The Morgan fingerprint density at radius 3 is 1.50 bits per heavy atom. The summed E-state index contributed by atoms with van der Waals surface area (Å²) in [7, 11) is 2.86. The van der Waals surface area contributed by atoms with Crippen LogP contribution in [-0.2, 0) is 4.74 Å². The molecule has 4 heteroatoms. The first-order valence-corrected chi connectivity index (χ1v) is 2.19. The van der Waals surface area contributed by atoms with Gasteiger partial charge in [0, 0.05) is 0 Å². The molecule has 0 saturated carbocycles. The van der Waals surface area contributed by atoms with Crippen molar-refractivity contribution in [3.8, 4) is 0 Å². The fourth-order valence-corrected chi connectivity index (χ4v) is 0. The van der Waals surface area contributed by atoms with Gasteiger partial charge in [-0.2, -0.15) is 0 Å². The number of hydrogen-bond donors (Lipinski definition) is 0. The van der Waals surface area contributed by atoms with Crippen molar-refractivity contribution in [2.75, 3.05) is 0 Å². The van der Waals surface area contributed by atoms with Gasteiger partial charge in [-0.25, -0.2) is 0 Å². The highest BCUT2D eigenvalue weighted by Crippen LogP contribution is 2.25. The molecule has 0 aromatic rings. The van der Waals surface area contributed by atoms with Gasteiger partial charge in [0.15, 0.2) is 0 Å². The number of alkyl halides is 3. The van der Waals surface area contributed by atoms with Gasteiger partial charge in [-0.05, 0) is 0 Å². The normalized spacial score (nSPS) is 12.0. The summed E-state index contributed by atoms with van der Waals surface area (Å²) in [4.78, 5) is 0. The molecule has 1 radical (unpaired) electrons. The third-order valence-corrected chi connectivity index (χ3v) is 0.491. The summed E-state index contributed by atoms with van der Waals surface area (Å²) in [5, 5.41) is 0. The summed E-state index contributed by atoms with van der Waals surface area (Å²) in [5.74, 6) is 0. The van der Waals surface area contributed by atoms with Crippen molar-refractivity contribution in [3.05, 3.63) is 7.11 Å². The van der Waals surface area contributed by atoms with E-state index in [0.717, 1.165) is 0 Å². The van der Waals surface area contributed by atoms with E-state index in [1.165, 1.54) is 0 Å². The largest absolute Gasteiger partial charge is 0.332 e. The summed E-state index contributed by atoms with van der Waals surface area (Å²) in [6.07, 6.45) is 0. The van der Waals surface area contributed by atoms with Crippen LogP contribution in [0.4, 0.5) is 0 Å². The molecule has 0 aliphatic heterocycles. The maximum Gasteiger partial charge on any atom is 0.297 e. The van der Waals surface area contributed by atoms with Crippen LogP contribution in [0.25, 0.3) is 0 Å². The Balaban J connectivity index is 3.17. The van der Waals surface area contributed by atoms with Crippen LogP contribution in [0.2, 0.25) is 0 Å². The Bertz CT molecular complexity index is 38.5. The van der Waals surface area contributed by atoms with E-state index in [-0.39, 0.29) is 0 Å². The fraction of sp³-hybridized carbons (Fsp3) is 0.500. The highest BCUT2D eigenvalue weighted by molar-refractivity contribution is 6.66. The van der Waals surface area contributed by atoms with Gasteiger partial charge < -0.3 is 4.74 Å². The number of ether oxygens (including phenoxy) is 1. The Morgan fingerprint density at radius 2 is 1.50 bits per heavy atom. The van der Waals surface area contributed by atoms with Gasteiger partial charge in [0.25, 0.3) is 3.98 Å². The average Bonchev–Trinajstić information content (AvgIpc) is 1.35. The molecule has 0 bridgehead atoms. The zero-order valence-electron chi connectivity index (χ0n) is 2.75. The Labute approximate surface area is 51.1 Å². The monoisotopic (exact) mass is 147 g/mol. The summed E-state index contributed by atoms with van der Waals surface area (Å²) < 4.78 is 2.33. The van der Waals surface area contributed by atoms with Gasteiger partial charge in [0.1, 0.15) is 0 Å². The lowest BCUT2D eigenvalue weighted by Crippen LogP contribution is -2.00. The van der Waals surface area contributed by atoms with Gasteiger partial charge in [0.05, 0.1) is 7.11 Å². The van der Waals surface area contributed by atoms with E-state index >= 15 is 0 Å². The Morgan fingerprint density at radius 1 is 1.33 bits per heavy atom. The molecule has 37 valence electrons. The molecule has 0 unspecified atom stereocenters. The Kier molecular flexibility index (Phi) is 2.53. The minimum Gasteiger partial charge on any atom is -0.332 e. The molecule has 0 amide bonds. The van der Waals surface area contributed by atoms with E-state index in [2.05, 4.69) is 11.8 Å². The molecular formula is C2H2Cl3O. The van der Waals surface area contributed by atoms with Crippen molar-refractivity contribution in [1.29, 1.82) is 0 Å². The highest BCUT2D eigenvalue weighted by Gasteiger charge is 2.16. The topological polar surface area (TPSA) is 9.23 Å². The second-order valence-electron chi connectivity index (χ2n) is 0.590. The van der Waals surface area contributed by atoms with Crippen molar-refractivity contribution in [3.63, 3.8) is 0 Å². The molecule has 0 aliphatic carbocycles. The molecule has 0 aliphatic rings. The van der Waals surface area contributed by atoms with Crippen molar-refractivity contribution < 1.29 is 4.74 Å². The van der Waals surface area contributed by atoms with E-state index in [0.29, 0.717) is 0 Å². The van der Waals surface area contributed by atoms with Crippen molar-refractivity contribution in [1.82, 2.24) is 0 Å². The van der Waals surface area contributed by atoms with E-state index in [4.69, 9.17) is 34.8 Å². The molecule has 1 nitrogen and oxygen atoms in total. The molecule has 0 saturated heterocycles. The van der Waals surface area contributed by atoms with Crippen LogP contribution >= 0.6 is 34.8 Å². The molecule has 0 rings (SSSR count). The minimum atomic E-state index is -1.65. The van der Waals surface area contributed by atoms with Crippen molar-refractivity contribution in [2.24, 2.45) is 0 Å². The zero-order chi connectivity index (χ0) is 5.21. The summed E-state index contributed by atoms with van der Waals surface area (Å²) in [6.45, 7) is 0. The number of rotatable bonds is 0. The van der Waals surface area contributed by atoms with Gasteiger partial charge in [0.2, 0.25) is 0 Å². The van der Waals surface area contributed by atoms with Crippen LogP contribution in [0, 0.1) is 7.11 Å². The Hall–Kier alpha value is 0.830. The van der Waals surface area contributed by atoms with E-state index in [1.807, 2.05) is 0 Å². The van der Waals surface area contributed by atoms with Gasteiger partial charge in [-0.15, -0.1) is 0 Å². The van der Waals surface area contributed by atoms with Gasteiger partial charge >= 0.3 is 0 Å². The molecular weight excluding hydrogens is 146 g/mol. The first-order valence-electron chi connectivity index (χ1n) is 1.06. The third kappa shape index (κ3) is 4.83. The summed E-state index contributed by atoms with van der Waals surface area (Å²) in [6, 6.07) is 0. The predicted octanol–water partition coefficient (Wildman–Crippen LogP) is 2.12. The van der Waals surface area contributed by atoms with E-state index in [9.17, 15) is 0 Å². The lowest BCUT2D eigenvalue weighted by Gasteiger charge is -2.03. The van der Waals surface area contributed by atoms with Crippen LogP contribution in [0.15, 0.2) is 0 Å². The third-order valence-electron chi connectivity index (χ3n) is 0.164. The van der Waals surface area contributed by atoms with Gasteiger partial charge in [-0.1, -0.05) is 34.8 Å². The number of halogens is 3. The molecule has 0 aromatic heterocycles. The van der Waals surface area contributed by atoms with E-state index in [1.54, 1.807) is 0 Å². The molecule has 0 fully saturated rings. The van der Waals surface area contributed by atoms with Crippen LogP contribution < -0.4 is 0 Å². The molecule has 6 heavy (non-hydrogen) atoms. The quantitative estimate of drug-likeness (QED) is 0.478. The SMILES string of the molecule is [CH2]OC(Cl)(Cl)Cl. The van der Waals surface area contributed by atoms with Crippen molar-refractivity contribution >= 4 is 34.8 Å². The lowest BCUT2D eigenvalue weighted by molar-refractivity contribution is 0.241. The minimum absolute atomic E-state index is 1.65. The highest BCUT2D eigenvalue weighted by atomic mass is 35.6. The zero-order valence-corrected chi connectivity index (χ0v) is 5.02. The first kappa shape index (κ1) is 6.83. The van der Waals surface area contributed by atoms with Crippen LogP contribution in [0.5, 0.6) is 0 Å². The van der Waals surface area contributed by atoms with Crippen LogP contribution in [-0.4, -0.2) is 3.98 Å². The molecule has 0 spiro atoms. The maximum absolute atomic E-state index is 4.96. The smallest absolute Gasteiger partial charge is 0.297 e. The second kappa shape index (κ2) is 2.22. The molecule has 0 N–H and O–H groups in total. The first-order chi connectivity index (χ1) is 2.56.